The topological polar surface area (TPSA) is 110 Å². The first-order chi connectivity index (χ1) is 27.8. The van der Waals surface area contributed by atoms with Crippen LogP contribution < -0.4 is 5.32 Å². The summed E-state index contributed by atoms with van der Waals surface area (Å²) in [6.45, 7) is 7.04. The third-order valence-corrected chi connectivity index (χ3v) is 12.4. The highest BCUT2D eigenvalue weighted by molar-refractivity contribution is 6.36. The molecule has 0 fully saturated rings. The number of benzene rings is 5. The number of amides is 2. The van der Waals surface area contributed by atoms with Gasteiger partial charge in [0.05, 0.1) is 50.2 Å². The van der Waals surface area contributed by atoms with E-state index in [9.17, 15) is 24.6 Å². The van der Waals surface area contributed by atoms with Gasteiger partial charge < -0.3 is 25.3 Å². The van der Waals surface area contributed by atoms with Gasteiger partial charge in [0.25, 0.3) is 0 Å². The van der Waals surface area contributed by atoms with E-state index in [0.717, 1.165) is 22.3 Å². The van der Waals surface area contributed by atoms with Crippen molar-refractivity contribution in [3.8, 4) is 0 Å². The molecule has 3 heterocycles. The Kier molecular flexibility index (Phi) is 14.4. The number of ketones is 1. The van der Waals surface area contributed by atoms with Crippen LogP contribution in [0.2, 0.25) is 20.1 Å². The Morgan fingerprint density at radius 2 is 1.02 bits per heavy atom. The molecule has 8 rings (SSSR count). The number of carbonyl (C=O) groups excluding carboxylic acids is 3. The molecule has 3 aliphatic heterocycles. The van der Waals surface area contributed by atoms with Gasteiger partial charge in [0.15, 0.2) is 5.78 Å². The first kappa shape index (κ1) is 43.3. The number of hydrogen-bond donors (Lipinski definition) is 3. The van der Waals surface area contributed by atoms with E-state index in [1.807, 2.05) is 74.5 Å². The van der Waals surface area contributed by atoms with Gasteiger partial charge in [-0.15, -0.1) is 0 Å². The summed E-state index contributed by atoms with van der Waals surface area (Å²) in [5.41, 5.74) is 6.95. The van der Waals surface area contributed by atoms with Crippen LogP contribution in [0, 0.1) is 0 Å². The van der Waals surface area contributed by atoms with Gasteiger partial charge in [0.2, 0.25) is 11.8 Å². The maximum Gasteiger partial charge on any atom is 0.228 e. The molecule has 2 unspecified atom stereocenters. The molecule has 0 spiro atoms. The van der Waals surface area contributed by atoms with Gasteiger partial charge in [0, 0.05) is 38.2 Å². The first-order valence-corrected chi connectivity index (χ1v) is 20.6. The van der Waals surface area contributed by atoms with Crippen molar-refractivity contribution in [2.75, 3.05) is 19.6 Å². The maximum absolute atomic E-state index is 12.7. The summed E-state index contributed by atoms with van der Waals surface area (Å²) in [6.07, 6.45) is -0.804. The summed E-state index contributed by atoms with van der Waals surface area (Å²) in [6, 6.07) is 33.6. The summed E-state index contributed by atoms with van der Waals surface area (Å²) in [5.74, 6) is -0.297. The van der Waals surface area contributed by atoms with Gasteiger partial charge in [0.1, 0.15) is 0 Å². The minimum atomic E-state index is -0.673. The highest BCUT2D eigenvalue weighted by Gasteiger charge is 2.34. The van der Waals surface area contributed by atoms with Crippen molar-refractivity contribution in [1.82, 2.24) is 15.1 Å². The van der Waals surface area contributed by atoms with E-state index in [0.29, 0.717) is 49.4 Å². The summed E-state index contributed by atoms with van der Waals surface area (Å²) in [4.78, 5) is 41.0. The summed E-state index contributed by atoms with van der Waals surface area (Å²) >= 11 is 24.6. The number of aliphatic hydroxyl groups excluding tert-OH is 2. The Bertz CT molecular complexity index is 2230. The molecule has 0 aliphatic carbocycles. The number of hydrogen-bond acceptors (Lipinski definition) is 6. The zero-order chi connectivity index (χ0) is 41.7. The fraction of sp³-hybridized carbons (Fsp3) is 0.283. The number of fused-ring (bicyclic) bond motifs is 3. The average Bonchev–Trinajstić information content (AvgIpc) is 3.22. The molecule has 0 radical (unpaired) electrons. The van der Waals surface area contributed by atoms with Crippen LogP contribution in [0.5, 0.6) is 0 Å². The van der Waals surface area contributed by atoms with Gasteiger partial charge in [-0.1, -0.05) is 131 Å². The third-order valence-electron chi connectivity index (χ3n) is 11.0. The number of nitrogens with zero attached hydrogens (tertiary/aromatic N) is 2. The number of aliphatic hydroxyl groups is 2. The number of carbonyl (C=O) groups is 3. The lowest BCUT2D eigenvalue weighted by atomic mass is 9.91. The molecule has 8 nitrogen and oxygen atoms in total. The predicted octanol–water partition coefficient (Wildman–Crippen LogP) is 9.88. The fourth-order valence-corrected chi connectivity index (χ4v) is 8.77. The standard InChI is InChI=1S/C18H17Cl2NO2.C18H15Cl2NO2.C10H13NO/c2*1-11-12-5-2-3-6-13(12)17(22)10-21(11)18(23)9-14-15(19)7-4-8-16(14)20;1-7-8-4-2-3-5-9(8)10(12)6-11-7/h2-8,11,17,22H,9-10H2,1H3;2-8,11H,9-10H2,1H3;2-5,7,10-12H,6H2,1H3/t11-,17?;11-;7-,10?/m000/s1. The van der Waals surface area contributed by atoms with E-state index in [2.05, 4.69) is 18.3 Å². The van der Waals surface area contributed by atoms with Crippen molar-refractivity contribution < 1.29 is 24.6 Å². The smallest absolute Gasteiger partial charge is 0.228 e. The van der Waals surface area contributed by atoms with Crippen molar-refractivity contribution >= 4 is 64.0 Å². The Labute approximate surface area is 359 Å². The number of β-amino-alcohol motifs (C(OH)–C–C–N with tert-alkyl or cyclic N) is 2. The van der Waals surface area contributed by atoms with Crippen molar-refractivity contribution in [3.05, 3.63) is 174 Å². The van der Waals surface area contributed by atoms with Crippen molar-refractivity contribution in [3.63, 3.8) is 0 Å². The van der Waals surface area contributed by atoms with Crippen LogP contribution in [0.25, 0.3) is 0 Å². The molecule has 0 saturated carbocycles. The van der Waals surface area contributed by atoms with Crippen LogP contribution >= 0.6 is 46.4 Å². The lowest BCUT2D eigenvalue weighted by Gasteiger charge is -2.38. The number of rotatable bonds is 4. The van der Waals surface area contributed by atoms with Gasteiger partial charge in [-0.2, -0.15) is 0 Å². The minimum Gasteiger partial charge on any atom is -0.387 e. The molecule has 5 aromatic carbocycles. The Balaban J connectivity index is 0.000000154. The average molecular weight is 862 g/mol. The second-order valence-corrected chi connectivity index (χ2v) is 16.2. The van der Waals surface area contributed by atoms with Gasteiger partial charge in [-0.05, 0) is 84.0 Å². The summed E-state index contributed by atoms with van der Waals surface area (Å²) in [5, 5.41) is 25.1. The van der Waals surface area contributed by atoms with Crippen LogP contribution in [-0.4, -0.2) is 57.2 Å². The lowest BCUT2D eigenvalue weighted by Crippen LogP contribution is -2.42. The predicted molar refractivity (Wildman–Crippen MR) is 231 cm³/mol. The number of Topliss-reactive ketones (excluding diaryl/α,β-unsaturated/α-hetero) is 1. The van der Waals surface area contributed by atoms with E-state index < -0.39 is 6.10 Å². The minimum absolute atomic E-state index is 0.0442. The highest BCUT2D eigenvalue weighted by Crippen LogP contribution is 2.36. The summed E-state index contributed by atoms with van der Waals surface area (Å²) in [7, 11) is 0. The highest BCUT2D eigenvalue weighted by atomic mass is 35.5. The van der Waals surface area contributed by atoms with Crippen molar-refractivity contribution in [2.45, 2.75) is 63.9 Å². The SMILES string of the molecule is C[C@@H]1NCC(O)c2ccccc21.C[C@H]1c2ccccc2C(=O)CN1C(=O)Cc1c(Cl)cccc1Cl.C[C@H]1c2ccccc2C(O)CN1C(=O)Cc1c(Cl)cccc1Cl. The zero-order valence-corrected chi connectivity index (χ0v) is 35.4. The van der Waals surface area contributed by atoms with E-state index in [-0.39, 0.29) is 61.7 Å². The second-order valence-electron chi connectivity index (χ2n) is 14.6. The molecule has 302 valence electrons. The fourth-order valence-electron chi connectivity index (χ4n) is 7.71. The molecule has 5 aromatic rings. The summed E-state index contributed by atoms with van der Waals surface area (Å²) < 4.78 is 0. The monoisotopic (exact) mass is 859 g/mol. The molecule has 5 atom stereocenters. The largest absolute Gasteiger partial charge is 0.387 e. The molecule has 2 amide bonds. The van der Waals surface area contributed by atoms with Crippen LogP contribution in [0.4, 0.5) is 0 Å². The zero-order valence-electron chi connectivity index (χ0n) is 32.3. The maximum atomic E-state index is 12.7. The molecule has 3 N–H and O–H groups in total. The first-order valence-electron chi connectivity index (χ1n) is 19.1. The normalized spacial score (nSPS) is 20.6. The van der Waals surface area contributed by atoms with E-state index in [1.165, 1.54) is 5.56 Å². The molecule has 3 aliphatic rings. The number of nitrogens with one attached hydrogen (secondary N) is 1. The van der Waals surface area contributed by atoms with Crippen LogP contribution in [0.15, 0.2) is 109 Å². The number of halogens is 4. The molecule has 0 aromatic heterocycles. The Morgan fingerprint density at radius 1 is 0.586 bits per heavy atom. The van der Waals surface area contributed by atoms with Crippen LogP contribution in [-0.2, 0) is 22.4 Å². The molecular formula is C46H45Cl4N3O5. The Hall–Kier alpha value is -4.25. The molecule has 0 saturated heterocycles. The van der Waals surface area contributed by atoms with E-state index >= 15 is 0 Å². The molecule has 12 heteroatoms. The molecule has 58 heavy (non-hydrogen) atoms. The van der Waals surface area contributed by atoms with Gasteiger partial charge in [-0.3, -0.25) is 14.4 Å². The second kappa shape index (κ2) is 19.2. The molecular weight excluding hydrogens is 816 g/mol. The lowest BCUT2D eigenvalue weighted by molar-refractivity contribution is -0.135. The third kappa shape index (κ3) is 9.61. The van der Waals surface area contributed by atoms with Crippen LogP contribution in [0.3, 0.4) is 0 Å². The van der Waals surface area contributed by atoms with Gasteiger partial charge >= 0.3 is 0 Å². The van der Waals surface area contributed by atoms with E-state index in [4.69, 9.17) is 46.4 Å². The van der Waals surface area contributed by atoms with Crippen molar-refractivity contribution in [2.24, 2.45) is 0 Å². The quantitative estimate of drug-likeness (QED) is 0.166. The van der Waals surface area contributed by atoms with E-state index in [1.54, 1.807) is 52.3 Å². The molecule has 0 bridgehead atoms. The van der Waals surface area contributed by atoms with Crippen molar-refractivity contribution in [1.29, 1.82) is 0 Å². The van der Waals surface area contributed by atoms with Gasteiger partial charge in [-0.25, -0.2) is 0 Å². The Morgan fingerprint density at radius 3 is 1.55 bits per heavy atom. The van der Waals surface area contributed by atoms with Crippen LogP contribution in [0.1, 0.15) is 100 Å².